The summed E-state index contributed by atoms with van der Waals surface area (Å²) in [5.41, 5.74) is 7.63. The summed E-state index contributed by atoms with van der Waals surface area (Å²) in [5.74, 6) is 0.862. The molecule has 0 aliphatic carbocycles. The Labute approximate surface area is 103 Å². The van der Waals surface area contributed by atoms with E-state index in [2.05, 4.69) is 26.3 Å². The molecular weight excluding hydrogens is 268 g/mol. The Morgan fingerprint density at radius 3 is 2.88 bits per heavy atom. The minimum Gasteiger partial charge on any atom is -0.399 e. The second kappa shape index (κ2) is 4.57. The van der Waals surface area contributed by atoms with Gasteiger partial charge in [0.25, 0.3) is 0 Å². The molecule has 0 unspecified atom stereocenters. The van der Waals surface area contributed by atoms with Gasteiger partial charge in [-0.3, -0.25) is 4.68 Å². The SMILES string of the molecule is Cn1ccc(NCc2cc(N)cc(Br)c2)n1. The first-order valence-corrected chi connectivity index (χ1v) is 5.71. The van der Waals surface area contributed by atoms with Gasteiger partial charge in [0.15, 0.2) is 0 Å². The second-order valence-electron chi connectivity index (χ2n) is 3.62. The smallest absolute Gasteiger partial charge is 0.148 e. The molecule has 2 aromatic rings. The molecule has 16 heavy (non-hydrogen) atoms. The third-order valence-electron chi connectivity index (χ3n) is 2.17. The minimum absolute atomic E-state index is 0.709. The van der Waals surface area contributed by atoms with E-state index in [-0.39, 0.29) is 0 Å². The summed E-state index contributed by atoms with van der Waals surface area (Å²) < 4.78 is 2.75. The number of hydrogen-bond acceptors (Lipinski definition) is 3. The second-order valence-corrected chi connectivity index (χ2v) is 4.54. The van der Waals surface area contributed by atoms with E-state index in [0.717, 1.165) is 21.5 Å². The van der Waals surface area contributed by atoms with Crippen molar-refractivity contribution in [3.8, 4) is 0 Å². The van der Waals surface area contributed by atoms with Crippen molar-refractivity contribution in [1.29, 1.82) is 0 Å². The molecule has 0 bridgehead atoms. The quantitative estimate of drug-likeness (QED) is 0.849. The number of nitrogens with one attached hydrogen (secondary N) is 1. The number of nitrogens with zero attached hydrogens (tertiary/aromatic N) is 2. The van der Waals surface area contributed by atoms with E-state index in [0.29, 0.717) is 6.54 Å². The Bertz CT molecular complexity index is 472. The third kappa shape index (κ3) is 2.76. The van der Waals surface area contributed by atoms with Gasteiger partial charge in [0.05, 0.1) is 0 Å². The van der Waals surface area contributed by atoms with Crippen molar-refractivity contribution >= 4 is 27.4 Å². The zero-order valence-corrected chi connectivity index (χ0v) is 10.5. The fourth-order valence-electron chi connectivity index (χ4n) is 1.48. The fraction of sp³-hybridized carbons (Fsp3) is 0.182. The van der Waals surface area contributed by atoms with Crippen molar-refractivity contribution in [3.05, 3.63) is 40.5 Å². The number of benzene rings is 1. The molecule has 5 heteroatoms. The van der Waals surface area contributed by atoms with Gasteiger partial charge in [-0.05, 0) is 23.8 Å². The van der Waals surface area contributed by atoms with Gasteiger partial charge in [0, 0.05) is 36.0 Å². The summed E-state index contributed by atoms with van der Waals surface area (Å²) in [4.78, 5) is 0. The number of rotatable bonds is 3. The Kier molecular flexibility index (Phi) is 3.14. The van der Waals surface area contributed by atoms with E-state index >= 15 is 0 Å². The summed E-state index contributed by atoms with van der Waals surface area (Å²) in [5, 5.41) is 7.46. The van der Waals surface area contributed by atoms with Gasteiger partial charge in [-0.25, -0.2) is 0 Å². The van der Waals surface area contributed by atoms with Gasteiger partial charge >= 0.3 is 0 Å². The van der Waals surface area contributed by atoms with Crippen LogP contribution >= 0.6 is 15.9 Å². The molecule has 1 aromatic carbocycles. The van der Waals surface area contributed by atoms with E-state index < -0.39 is 0 Å². The first-order chi connectivity index (χ1) is 7.63. The maximum atomic E-state index is 5.75. The number of aryl methyl sites for hydroxylation is 1. The highest BCUT2D eigenvalue weighted by Gasteiger charge is 1.99. The molecule has 3 N–H and O–H groups in total. The first kappa shape index (κ1) is 11.0. The maximum Gasteiger partial charge on any atom is 0.148 e. The topological polar surface area (TPSA) is 55.9 Å². The van der Waals surface area contributed by atoms with Crippen LogP contribution in [0, 0.1) is 0 Å². The molecule has 4 nitrogen and oxygen atoms in total. The van der Waals surface area contributed by atoms with Gasteiger partial charge in [-0.2, -0.15) is 5.10 Å². The lowest BCUT2D eigenvalue weighted by Crippen LogP contribution is -2.01. The molecule has 0 saturated carbocycles. The summed E-state index contributed by atoms with van der Waals surface area (Å²) in [6, 6.07) is 7.79. The lowest BCUT2D eigenvalue weighted by Gasteiger charge is -2.05. The van der Waals surface area contributed by atoms with E-state index in [1.807, 2.05) is 37.5 Å². The molecule has 0 radical (unpaired) electrons. The molecule has 0 atom stereocenters. The number of hydrogen-bond donors (Lipinski definition) is 2. The summed E-state index contributed by atoms with van der Waals surface area (Å²) in [6.45, 7) is 0.709. The summed E-state index contributed by atoms with van der Waals surface area (Å²) in [6.07, 6.45) is 1.90. The third-order valence-corrected chi connectivity index (χ3v) is 2.62. The minimum atomic E-state index is 0.709. The van der Waals surface area contributed by atoms with Gasteiger partial charge < -0.3 is 11.1 Å². The van der Waals surface area contributed by atoms with Crippen molar-refractivity contribution < 1.29 is 0 Å². The Hall–Kier alpha value is -1.49. The van der Waals surface area contributed by atoms with E-state index in [1.165, 1.54) is 0 Å². The van der Waals surface area contributed by atoms with Crippen LogP contribution < -0.4 is 11.1 Å². The van der Waals surface area contributed by atoms with E-state index in [9.17, 15) is 0 Å². The number of halogens is 1. The van der Waals surface area contributed by atoms with Crippen LogP contribution in [0.4, 0.5) is 11.5 Å². The van der Waals surface area contributed by atoms with Gasteiger partial charge in [-0.15, -0.1) is 0 Å². The fourth-order valence-corrected chi connectivity index (χ4v) is 2.04. The zero-order valence-electron chi connectivity index (χ0n) is 8.94. The van der Waals surface area contributed by atoms with Crippen molar-refractivity contribution in [2.75, 3.05) is 11.1 Å². The molecule has 0 amide bonds. The molecule has 0 aliphatic rings. The van der Waals surface area contributed by atoms with Crippen LogP contribution in [0.5, 0.6) is 0 Å². The lowest BCUT2D eigenvalue weighted by atomic mass is 10.2. The Balaban J connectivity index is 2.04. The maximum absolute atomic E-state index is 5.75. The number of nitrogen functional groups attached to an aromatic ring is 1. The highest BCUT2D eigenvalue weighted by Crippen LogP contribution is 2.18. The average molecular weight is 281 g/mol. The standard InChI is InChI=1S/C11H13BrN4/c1-16-3-2-11(15-16)14-7-8-4-9(12)6-10(13)5-8/h2-6H,7,13H2,1H3,(H,14,15). The highest BCUT2D eigenvalue weighted by atomic mass is 79.9. The van der Waals surface area contributed by atoms with Crippen molar-refractivity contribution in [2.45, 2.75) is 6.54 Å². The molecule has 0 saturated heterocycles. The van der Waals surface area contributed by atoms with Crippen molar-refractivity contribution in [3.63, 3.8) is 0 Å². The number of aromatic nitrogens is 2. The summed E-state index contributed by atoms with van der Waals surface area (Å²) in [7, 11) is 1.89. The molecule has 0 spiro atoms. The van der Waals surface area contributed by atoms with Crippen LogP contribution in [0.1, 0.15) is 5.56 Å². The zero-order chi connectivity index (χ0) is 11.5. The molecular formula is C11H13BrN4. The van der Waals surface area contributed by atoms with Crippen LogP contribution in [-0.4, -0.2) is 9.78 Å². The van der Waals surface area contributed by atoms with Gasteiger partial charge in [0.1, 0.15) is 5.82 Å². The molecule has 2 rings (SSSR count). The highest BCUT2D eigenvalue weighted by molar-refractivity contribution is 9.10. The predicted molar refractivity (Wildman–Crippen MR) is 69.1 cm³/mol. The largest absolute Gasteiger partial charge is 0.399 e. The molecule has 0 aliphatic heterocycles. The van der Waals surface area contributed by atoms with Crippen LogP contribution in [0.2, 0.25) is 0 Å². The van der Waals surface area contributed by atoms with Crippen LogP contribution in [0.15, 0.2) is 34.9 Å². The summed E-state index contributed by atoms with van der Waals surface area (Å²) >= 11 is 3.42. The molecule has 1 heterocycles. The van der Waals surface area contributed by atoms with Crippen LogP contribution in [-0.2, 0) is 13.6 Å². The van der Waals surface area contributed by atoms with E-state index in [4.69, 9.17) is 5.73 Å². The predicted octanol–water partition coefficient (Wildman–Crippen LogP) is 2.38. The molecule has 0 fully saturated rings. The molecule has 1 aromatic heterocycles. The van der Waals surface area contributed by atoms with Crippen molar-refractivity contribution in [2.24, 2.45) is 7.05 Å². The Morgan fingerprint density at radius 1 is 1.44 bits per heavy atom. The van der Waals surface area contributed by atoms with Crippen molar-refractivity contribution in [1.82, 2.24) is 9.78 Å². The van der Waals surface area contributed by atoms with Gasteiger partial charge in [-0.1, -0.05) is 15.9 Å². The number of nitrogens with two attached hydrogens (primary N) is 1. The van der Waals surface area contributed by atoms with E-state index in [1.54, 1.807) is 4.68 Å². The normalized spacial score (nSPS) is 10.4. The Morgan fingerprint density at radius 2 is 2.25 bits per heavy atom. The monoisotopic (exact) mass is 280 g/mol. The first-order valence-electron chi connectivity index (χ1n) is 4.92. The van der Waals surface area contributed by atoms with Crippen LogP contribution in [0.3, 0.4) is 0 Å². The molecule has 84 valence electrons. The van der Waals surface area contributed by atoms with Gasteiger partial charge in [0.2, 0.25) is 0 Å². The average Bonchev–Trinajstić information content (AvgIpc) is 2.60. The van der Waals surface area contributed by atoms with Crippen LogP contribution in [0.25, 0.3) is 0 Å². The number of anilines is 2. The lowest BCUT2D eigenvalue weighted by molar-refractivity contribution is 0.768.